The molecule has 1 saturated heterocycles. The summed E-state index contributed by atoms with van der Waals surface area (Å²) < 4.78 is 0. The first kappa shape index (κ1) is 16.3. The predicted molar refractivity (Wildman–Crippen MR) is 105 cm³/mol. The van der Waals surface area contributed by atoms with Crippen LogP contribution in [0.4, 0.5) is 5.13 Å². The van der Waals surface area contributed by atoms with Crippen LogP contribution in [0, 0.1) is 0 Å². The fourth-order valence-electron chi connectivity index (χ4n) is 3.21. The maximum atomic E-state index is 12.5. The second kappa shape index (κ2) is 7.37. The zero-order valence-corrected chi connectivity index (χ0v) is 15.4. The predicted octanol–water partition coefficient (Wildman–Crippen LogP) is 4.27. The Morgan fingerprint density at radius 2 is 2.08 bits per heavy atom. The van der Waals surface area contributed by atoms with Crippen molar-refractivity contribution in [1.29, 1.82) is 0 Å². The van der Waals surface area contributed by atoms with Crippen molar-refractivity contribution in [2.75, 3.05) is 18.0 Å². The van der Waals surface area contributed by atoms with Gasteiger partial charge in [0.15, 0.2) is 5.13 Å². The minimum absolute atomic E-state index is 0.0112. The third-order valence-electron chi connectivity index (χ3n) is 4.54. The summed E-state index contributed by atoms with van der Waals surface area (Å²) in [5.74, 6) is -0.0112. The van der Waals surface area contributed by atoms with Gasteiger partial charge in [-0.3, -0.25) is 4.79 Å². The molecule has 0 spiro atoms. The van der Waals surface area contributed by atoms with Crippen LogP contribution >= 0.6 is 22.7 Å². The zero-order chi connectivity index (χ0) is 17.1. The van der Waals surface area contributed by atoms with Crippen LogP contribution in [0.25, 0.3) is 11.1 Å². The first-order chi connectivity index (χ1) is 12.3. The fraction of sp³-hybridized carbons (Fsp3) is 0.263. The van der Waals surface area contributed by atoms with Crippen LogP contribution in [0.1, 0.15) is 23.2 Å². The molecule has 0 saturated carbocycles. The van der Waals surface area contributed by atoms with Gasteiger partial charge in [-0.15, -0.1) is 11.3 Å². The summed E-state index contributed by atoms with van der Waals surface area (Å²) in [5, 5.41) is 10.3. The summed E-state index contributed by atoms with van der Waals surface area (Å²) in [7, 11) is 0. The van der Waals surface area contributed by atoms with Crippen LogP contribution in [-0.2, 0) is 0 Å². The van der Waals surface area contributed by atoms with Crippen molar-refractivity contribution in [3.63, 3.8) is 0 Å². The number of carbonyl (C=O) groups is 1. The molecule has 4 nitrogen and oxygen atoms in total. The Labute approximate surface area is 155 Å². The summed E-state index contributed by atoms with van der Waals surface area (Å²) in [6.45, 7) is 1.67. The van der Waals surface area contributed by atoms with Gasteiger partial charge in [0.05, 0.1) is 0 Å². The van der Waals surface area contributed by atoms with Crippen LogP contribution in [0.2, 0.25) is 0 Å². The van der Waals surface area contributed by atoms with E-state index in [1.807, 2.05) is 35.8 Å². The van der Waals surface area contributed by atoms with E-state index >= 15 is 0 Å². The maximum Gasteiger partial charge on any atom is 0.251 e. The van der Waals surface area contributed by atoms with Crippen LogP contribution in [0.5, 0.6) is 0 Å². The lowest BCUT2D eigenvalue weighted by molar-refractivity contribution is 0.0951. The average Bonchev–Trinajstić information content (AvgIpc) is 3.41. The molecule has 1 unspecified atom stereocenters. The van der Waals surface area contributed by atoms with Crippen molar-refractivity contribution in [2.24, 2.45) is 0 Å². The molecule has 0 radical (unpaired) electrons. The molecule has 1 atom stereocenters. The van der Waals surface area contributed by atoms with Gasteiger partial charge in [-0.05, 0) is 52.9 Å². The number of hydrogen-bond acceptors (Lipinski definition) is 5. The highest BCUT2D eigenvalue weighted by Crippen LogP contribution is 2.27. The lowest BCUT2D eigenvalue weighted by Crippen LogP contribution is -2.40. The topological polar surface area (TPSA) is 45.2 Å². The Kier molecular flexibility index (Phi) is 4.81. The van der Waals surface area contributed by atoms with Gasteiger partial charge < -0.3 is 10.2 Å². The zero-order valence-electron chi connectivity index (χ0n) is 13.7. The van der Waals surface area contributed by atoms with E-state index in [1.54, 1.807) is 22.7 Å². The number of aromatic nitrogens is 1. The lowest BCUT2D eigenvalue weighted by Gasteiger charge is -2.24. The Balaban J connectivity index is 1.37. The molecule has 25 heavy (non-hydrogen) atoms. The van der Waals surface area contributed by atoms with Gasteiger partial charge in [-0.1, -0.05) is 12.1 Å². The minimum Gasteiger partial charge on any atom is -0.350 e. The number of nitrogens with one attached hydrogen (secondary N) is 1. The first-order valence-corrected chi connectivity index (χ1v) is 10.2. The van der Waals surface area contributed by atoms with Gasteiger partial charge in [-0.25, -0.2) is 4.98 Å². The lowest BCUT2D eigenvalue weighted by atomic mass is 10.1. The molecule has 0 bridgehead atoms. The normalized spacial score (nSPS) is 17.0. The summed E-state index contributed by atoms with van der Waals surface area (Å²) in [5.41, 5.74) is 3.04. The number of carbonyl (C=O) groups excluding carboxylic acids is 1. The number of nitrogens with zero attached hydrogens (tertiary/aromatic N) is 2. The molecule has 3 heterocycles. The van der Waals surface area contributed by atoms with Gasteiger partial charge >= 0.3 is 0 Å². The van der Waals surface area contributed by atoms with E-state index in [-0.39, 0.29) is 5.91 Å². The molecular weight excluding hydrogens is 350 g/mol. The molecule has 1 N–H and O–H groups in total. The van der Waals surface area contributed by atoms with E-state index in [2.05, 4.69) is 32.0 Å². The molecule has 2 aromatic heterocycles. The van der Waals surface area contributed by atoms with Crippen molar-refractivity contribution in [1.82, 2.24) is 10.3 Å². The molecule has 1 aliphatic heterocycles. The third-order valence-corrected chi connectivity index (χ3v) is 6.03. The number of anilines is 1. The average molecular weight is 370 g/mol. The molecule has 1 aliphatic rings. The SMILES string of the molecule is O=C(NCC1CCCN1c1nccs1)c1ccc(-c2ccsc2)cc1. The Morgan fingerprint density at radius 3 is 2.80 bits per heavy atom. The summed E-state index contributed by atoms with van der Waals surface area (Å²) >= 11 is 3.34. The number of thiophene rings is 1. The van der Waals surface area contributed by atoms with E-state index in [1.165, 1.54) is 5.56 Å². The van der Waals surface area contributed by atoms with Crippen molar-refractivity contribution >= 4 is 33.7 Å². The van der Waals surface area contributed by atoms with Crippen molar-refractivity contribution < 1.29 is 4.79 Å². The molecule has 3 aromatic rings. The van der Waals surface area contributed by atoms with Gasteiger partial charge in [0.25, 0.3) is 5.91 Å². The van der Waals surface area contributed by atoms with Crippen LogP contribution in [0.15, 0.2) is 52.7 Å². The Morgan fingerprint density at radius 1 is 1.20 bits per heavy atom. The molecule has 6 heteroatoms. The number of thiazole rings is 1. The standard InChI is InChI=1S/C19H19N3OS2/c23-18(15-5-3-14(4-6-15)16-7-10-24-13-16)21-12-17-2-1-9-22(17)19-20-8-11-25-19/h3-8,10-11,13,17H,1-2,9,12H2,(H,21,23). The second-order valence-corrected chi connectivity index (χ2v) is 7.76. The highest BCUT2D eigenvalue weighted by atomic mass is 32.1. The van der Waals surface area contributed by atoms with Gasteiger partial charge in [-0.2, -0.15) is 11.3 Å². The van der Waals surface area contributed by atoms with Crippen molar-refractivity contribution in [3.05, 3.63) is 58.2 Å². The van der Waals surface area contributed by atoms with Crippen LogP contribution < -0.4 is 10.2 Å². The molecule has 0 aliphatic carbocycles. The number of amides is 1. The smallest absolute Gasteiger partial charge is 0.251 e. The molecule has 128 valence electrons. The number of benzene rings is 1. The third kappa shape index (κ3) is 3.60. The van der Waals surface area contributed by atoms with Crippen molar-refractivity contribution in [2.45, 2.75) is 18.9 Å². The van der Waals surface area contributed by atoms with Gasteiger partial charge in [0.1, 0.15) is 0 Å². The van der Waals surface area contributed by atoms with E-state index in [0.29, 0.717) is 18.2 Å². The quantitative estimate of drug-likeness (QED) is 0.730. The molecule has 4 rings (SSSR count). The first-order valence-electron chi connectivity index (χ1n) is 8.38. The molecule has 1 fully saturated rings. The molecule has 1 aromatic carbocycles. The number of rotatable bonds is 5. The Hall–Kier alpha value is -2.18. The summed E-state index contributed by atoms with van der Waals surface area (Å²) in [6.07, 6.45) is 4.08. The summed E-state index contributed by atoms with van der Waals surface area (Å²) in [6, 6.07) is 10.2. The van der Waals surface area contributed by atoms with E-state index in [0.717, 1.165) is 30.1 Å². The largest absolute Gasteiger partial charge is 0.350 e. The fourth-order valence-corrected chi connectivity index (χ4v) is 4.62. The highest BCUT2D eigenvalue weighted by Gasteiger charge is 2.26. The van der Waals surface area contributed by atoms with Gasteiger partial charge in [0.2, 0.25) is 0 Å². The maximum absolute atomic E-state index is 12.5. The molecular formula is C19H19N3OS2. The van der Waals surface area contributed by atoms with Gasteiger partial charge in [0, 0.05) is 36.3 Å². The van der Waals surface area contributed by atoms with Crippen molar-refractivity contribution in [3.8, 4) is 11.1 Å². The summed E-state index contributed by atoms with van der Waals surface area (Å²) in [4.78, 5) is 19.2. The van der Waals surface area contributed by atoms with E-state index in [4.69, 9.17) is 0 Å². The van der Waals surface area contributed by atoms with Crippen LogP contribution in [-0.4, -0.2) is 30.0 Å². The van der Waals surface area contributed by atoms with E-state index < -0.39 is 0 Å². The minimum atomic E-state index is -0.0112. The van der Waals surface area contributed by atoms with E-state index in [9.17, 15) is 4.79 Å². The monoisotopic (exact) mass is 369 g/mol. The highest BCUT2D eigenvalue weighted by molar-refractivity contribution is 7.13. The second-order valence-electron chi connectivity index (χ2n) is 6.10. The Bertz CT molecular complexity index is 813. The van der Waals surface area contributed by atoms with Crippen LogP contribution in [0.3, 0.4) is 0 Å². The number of hydrogen-bond donors (Lipinski definition) is 1. The molecule has 1 amide bonds.